The van der Waals surface area contributed by atoms with Gasteiger partial charge < -0.3 is 15.0 Å². The molecule has 0 aliphatic heterocycles. The van der Waals surface area contributed by atoms with Gasteiger partial charge in [-0.2, -0.15) is 0 Å². The summed E-state index contributed by atoms with van der Waals surface area (Å²) in [6.45, 7) is 0.0303. The highest BCUT2D eigenvalue weighted by molar-refractivity contribution is 5.84. The van der Waals surface area contributed by atoms with Gasteiger partial charge in [0.15, 0.2) is 6.04 Å². The maximum absolute atomic E-state index is 11.9. The molecule has 1 heterocycles. The van der Waals surface area contributed by atoms with Crippen molar-refractivity contribution in [3.05, 3.63) is 69.0 Å². The van der Waals surface area contributed by atoms with E-state index in [-0.39, 0.29) is 13.0 Å². The van der Waals surface area contributed by atoms with Gasteiger partial charge in [-0.15, -0.1) is 0 Å². The summed E-state index contributed by atoms with van der Waals surface area (Å²) in [6, 6.07) is 8.32. The van der Waals surface area contributed by atoms with Gasteiger partial charge in [0.2, 0.25) is 5.91 Å². The van der Waals surface area contributed by atoms with Gasteiger partial charge in [-0.3, -0.25) is 14.6 Å². The molecule has 1 amide bonds. The molecule has 0 saturated carbocycles. The van der Waals surface area contributed by atoms with E-state index < -0.39 is 29.2 Å². The number of nitrogens with one attached hydrogen (secondary N) is 2. The van der Waals surface area contributed by atoms with Crippen LogP contribution in [-0.2, 0) is 16.1 Å². The number of carboxylic acids is 1. The summed E-state index contributed by atoms with van der Waals surface area (Å²) < 4.78 is 1.17. The molecule has 3 N–H and O–H groups in total. The molecule has 0 spiro atoms. The number of carbonyl (C=O) groups is 2. The standard InChI is InChI=1S/C15H15N3O5/c19-11(6-8-18-9-7-12(20)17-15(18)23)16-13(14(21)22)10-4-2-1-3-5-10/h1-5,7,9,13H,6,8H2,(H,16,19)(H,21,22)(H,17,20,23). The summed E-state index contributed by atoms with van der Waals surface area (Å²) in [7, 11) is 0. The number of hydrogen-bond acceptors (Lipinski definition) is 4. The van der Waals surface area contributed by atoms with E-state index in [0.29, 0.717) is 5.56 Å². The predicted molar refractivity (Wildman–Crippen MR) is 80.9 cm³/mol. The van der Waals surface area contributed by atoms with E-state index in [1.54, 1.807) is 30.3 Å². The molecule has 1 aromatic heterocycles. The van der Waals surface area contributed by atoms with Gasteiger partial charge in [-0.1, -0.05) is 30.3 Å². The summed E-state index contributed by atoms with van der Waals surface area (Å²) in [5.74, 6) is -1.69. The molecule has 2 rings (SSSR count). The predicted octanol–water partition coefficient (Wildman–Crippen LogP) is -0.131. The lowest BCUT2D eigenvalue weighted by Gasteiger charge is -2.15. The third-order valence-electron chi connectivity index (χ3n) is 3.16. The fourth-order valence-corrected chi connectivity index (χ4v) is 2.01. The maximum atomic E-state index is 11.9. The second-order valence-electron chi connectivity index (χ2n) is 4.80. The lowest BCUT2D eigenvalue weighted by molar-refractivity contribution is -0.142. The average Bonchev–Trinajstić information content (AvgIpc) is 2.52. The number of aryl methyl sites for hydroxylation is 1. The van der Waals surface area contributed by atoms with Crippen LogP contribution in [0.5, 0.6) is 0 Å². The number of hydrogen-bond donors (Lipinski definition) is 3. The molecular formula is C15H15N3O5. The SMILES string of the molecule is O=C(CCn1ccc(=O)[nH]c1=O)NC(C(=O)O)c1ccccc1. The third-order valence-corrected chi connectivity index (χ3v) is 3.16. The molecular weight excluding hydrogens is 302 g/mol. The monoisotopic (exact) mass is 317 g/mol. The van der Waals surface area contributed by atoms with Crippen LogP contribution >= 0.6 is 0 Å². The molecule has 8 nitrogen and oxygen atoms in total. The minimum absolute atomic E-state index is 0.0303. The Balaban J connectivity index is 2.01. The average molecular weight is 317 g/mol. The second kappa shape index (κ2) is 7.21. The second-order valence-corrected chi connectivity index (χ2v) is 4.80. The number of amides is 1. The molecule has 23 heavy (non-hydrogen) atoms. The lowest BCUT2D eigenvalue weighted by Crippen LogP contribution is -2.35. The number of nitrogens with zero attached hydrogens (tertiary/aromatic N) is 1. The first-order chi connectivity index (χ1) is 11.0. The minimum atomic E-state index is -1.18. The number of rotatable bonds is 6. The molecule has 2 aromatic rings. The number of aliphatic carboxylic acids is 1. The van der Waals surface area contributed by atoms with E-state index in [0.717, 1.165) is 0 Å². The van der Waals surface area contributed by atoms with Crippen molar-refractivity contribution in [1.29, 1.82) is 0 Å². The molecule has 120 valence electrons. The zero-order valence-electron chi connectivity index (χ0n) is 12.1. The molecule has 0 aliphatic carbocycles. The number of H-pyrrole nitrogens is 1. The zero-order chi connectivity index (χ0) is 16.8. The molecule has 0 aliphatic rings. The number of aromatic amines is 1. The van der Waals surface area contributed by atoms with E-state index in [4.69, 9.17) is 0 Å². The van der Waals surface area contributed by atoms with Crippen molar-refractivity contribution < 1.29 is 14.7 Å². The van der Waals surface area contributed by atoms with Crippen molar-refractivity contribution in [3.8, 4) is 0 Å². The molecule has 1 unspecified atom stereocenters. The highest BCUT2D eigenvalue weighted by Gasteiger charge is 2.21. The lowest BCUT2D eigenvalue weighted by atomic mass is 10.1. The van der Waals surface area contributed by atoms with Gasteiger partial charge in [-0.05, 0) is 5.56 Å². The van der Waals surface area contributed by atoms with Gasteiger partial charge in [0, 0.05) is 25.2 Å². The highest BCUT2D eigenvalue weighted by atomic mass is 16.4. The molecule has 1 atom stereocenters. The number of benzene rings is 1. The Bertz CT molecular complexity index is 810. The third kappa shape index (κ3) is 4.40. The molecule has 1 aromatic carbocycles. The maximum Gasteiger partial charge on any atom is 0.330 e. The quantitative estimate of drug-likeness (QED) is 0.685. The topological polar surface area (TPSA) is 121 Å². The molecule has 0 radical (unpaired) electrons. The Morgan fingerprint density at radius 3 is 2.48 bits per heavy atom. The van der Waals surface area contributed by atoms with Crippen LogP contribution < -0.4 is 16.6 Å². The van der Waals surface area contributed by atoms with Crippen LogP contribution in [0.3, 0.4) is 0 Å². The zero-order valence-corrected chi connectivity index (χ0v) is 12.1. The minimum Gasteiger partial charge on any atom is -0.479 e. The number of aromatic nitrogens is 2. The Kier molecular flexibility index (Phi) is 5.08. The van der Waals surface area contributed by atoms with Crippen molar-refractivity contribution in [2.24, 2.45) is 0 Å². The first-order valence-corrected chi connectivity index (χ1v) is 6.84. The van der Waals surface area contributed by atoms with Gasteiger partial charge in [-0.25, -0.2) is 9.59 Å². The Labute approximate surface area is 130 Å². The van der Waals surface area contributed by atoms with Crippen molar-refractivity contribution in [3.63, 3.8) is 0 Å². The smallest absolute Gasteiger partial charge is 0.330 e. The molecule has 0 saturated heterocycles. The highest BCUT2D eigenvalue weighted by Crippen LogP contribution is 2.12. The van der Waals surface area contributed by atoms with Crippen LogP contribution in [0.15, 0.2) is 52.2 Å². The van der Waals surface area contributed by atoms with Gasteiger partial charge in [0.05, 0.1) is 0 Å². The van der Waals surface area contributed by atoms with Crippen molar-refractivity contribution in [1.82, 2.24) is 14.9 Å². The van der Waals surface area contributed by atoms with Crippen LogP contribution in [0.2, 0.25) is 0 Å². The van der Waals surface area contributed by atoms with Crippen LogP contribution in [0.1, 0.15) is 18.0 Å². The van der Waals surface area contributed by atoms with E-state index in [2.05, 4.69) is 10.3 Å². The first kappa shape index (κ1) is 16.2. The molecule has 8 heteroatoms. The van der Waals surface area contributed by atoms with E-state index in [1.165, 1.54) is 16.8 Å². The summed E-state index contributed by atoms with van der Waals surface area (Å²) in [4.78, 5) is 47.7. The summed E-state index contributed by atoms with van der Waals surface area (Å²) >= 11 is 0. The Hall–Kier alpha value is -3.16. The van der Waals surface area contributed by atoms with Crippen molar-refractivity contribution in [2.45, 2.75) is 19.0 Å². The normalized spacial score (nSPS) is 11.7. The Morgan fingerprint density at radius 1 is 1.17 bits per heavy atom. The molecule has 0 bridgehead atoms. The summed E-state index contributed by atoms with van der Waals surface area (Å²) in [6.07, 6.45) is 1.18. The number of carbonyl (C=O) groups excluding carboxylic acids is 1. The van der Waals surface area contributed by atoms with Crippen LogP contribution in [0.25, 0.3) is 0 Å². The number of carboxylic acid groups (broad SMARTS) is 1. The van der Waals surface area contributed by atoms with Crippen LogP contribution in [-0.4, -0.2) is 26.5 Å². The van der Waals surface area contributed by atoms with Gasteiger partial charge >= 0.3 is 11.7 Å². The van der Waals surface area contributed by atoms with Crippen molar-refractivity contribution >= 4 is 11.9 Å². The fraction of sp³-hybridized carbons (Fsp3) is 0.200. The first-order valence-electron chi connectivity index (χ1n) is 6.84. The van der Waals surface area contributed by atoms with Crippen LogP contribution in [0, 0.1) is 0 Å². The van der Waals surface area contributed by atoms with E-state index in [1.807, 2.05) is 0 Å². The van der Waals surface area contributed by atoms with E-state index in [9.17, 15) is 24.3 Å². The van der Waals surface area contributed by atoms with Crippen molar-refractivity contribution in [2.75, 3.05) is 0 Å². The Morgan fingerprint density at radius 2 is 1.87 bits per heavy atom. The molecule has 0 fully saturated rings. The van der Waals surface area contributed by atoms with Gasteiger partial charge in [0.1, 0.15) is 0 Å². The summed E-state index contributed by atoms with van der Waals surface area (Å²) in [5.41, 5.74) is -0.691. The summed E-state index contributed by atoms with van der Waals surface area (Å²) in [5, 5.41) is 11.6. The van der Waals surface area contributed by atoms with E-state index >= 15 is 0 Å². The van der Waals surface area contributed by atoms with Gasteiger partial charge in [0.25, 0.3) is 5.56 Å². The van der Waals surface area contributed by atoms with Crippen LogP contribution in [0.4, 0.5) is 0 Å². The largest absolute Gasteiger partial charge is 0.479 e. The fourth-order valence-electron chi connectivity index (χ4n) is 2.01.